The molecular formula is C26H37N3O4S. The van der Waals surface area contributed by atoms with Crippen LogP contribution in [0.5, 0.6) is 0 Å². The Morgan fingerprint density at radius 3 is 2.12 bits per heavy atom. The molecule has 0 aliphatic carbocycles. The van der Waals surface area contributed by atoms with Gasteiger partial charge in [0.15, 0.2) is 0 Å². The van der Waals surface area contributed by atoms with Gasteiger partial charge in [0.2, 0.25) is 21.8 Å². The first-order chi connectivity index (χ1) is 15.9. The first-order valence-electron chi connectivity index (χ1n) is 11.6. The molecule has 1 N–H and O–H groups in total. The largest absolute Gasteiger partial charge is 0.352 e. The second-order valence-electron chi connectivity index (χ2n) is 8.93. The highest BCUT2D eigenvalue weighted by molar-refractivity contribution is 7.92. The summed E-state index contributed by atoms with van der Waals surface area (Å²) in [5, 5.41) is 2.93. The van der Waals surface area contributed by atoms with E-state index < -0.39 is 22.0 Å². The van der Waals surface area contributed by atoms with Crippen molar-refractivity contribution in [1.29, 1.82) is 0 Å². The van der Waals surface area contributed by atoms with E-state index in [4.69, 9.17) is 0 Å². The van der Waals surface area contributed by atoms with E-state index >= 15 is 0 Å². The summed E-state index contributed by atoms with van der Waals surface area (Å²) in [5.74, 6) is -0.680. The van der Waals surface area contributed by atoms with Crippen LogP contribution in [0.15, 0.2) is 48.5 Å². The lowest BCUT2D eigenvalue weighted by Gasteiger charge is -2.32. The lowest BCUT2D eigenvalue weighted by atomic mass is 10.1. The number of nitrogens with zero attached hydrogens (tertiary/aromatic N) is 2. The number of carbonyl (C=O) groups excluding carboxylic acids is 2. The average Bonchev–Trinajstić information content (AvgIpc) is 2.76. The Kier molecular flexibility index (Phi) is 9.67. The monoisotopic (exact) mass is 487 g/mol. The SMILES string of the molecule is CCC(C)NC(=O)C(C)N(CCc1ccccc1)C(=O)CN(c1cc(C)cc(C)c1)S(C)(=O)=O. The van der Waals surface area contributed by atoms with E-state index in [-0.39, 0.29) is 18.5 Å². The molecule has 0 saturated heterocycles. The van der Waals surface area contributed by atoms with Crippen molar-refractivity contribution in [2.45, 2.75) is 59.5 Å². The van der Waals surface area contributed by atoms with Crippen LogP contribution in [0.2, 0.25) is 0 Å². The van der Waals surface area contributed by atoms with E-state index in [0.29, 0.717) is 18.7 Å². The Bertz CT molecular complexity index is 1070. The predicted octanol–water partition coefficient (Wildman–Crippen LogP) is 3.44. The van der Waals surface area contributed by atoms with Crippen molar-refractivity contribution in [3.63, 3.8) is 0 Å². The number of carbonyl (C=O) groups is 2. The number of hydrogen-bond donors (Lipinski definition) is 1. The molecule has 2 rings (SSSR count). The zero-order valence-corrected chi connectivity index (χ0v) is 21.9. The van der Waals surface area contributed by atoms with Crippen LogP contribution in [0.3, 0.4) is 0 Å². The molecule has 0 heterocycles. The molecule has 7 nitrogen and oxygen atoms in total. The van der Waals surface area contributed by atoms with Gasteiger partial charge in [-0.3, -0.25) is 13.9 Å². The molecule has 0 fully saturated rings. The molecule has 8 heteroatoms. The van der Waals surface area contributed by atoms with Gasteiger partial charge >= 0.3 is 0 Å². The molecule has 0 aliphatic rings. The topological polar surface area (TPSA) is 86.8 Å². The molecule has 0 aliphatic heterocycles. The lowest BCUT2D eigenvalue weighted by Crippen LogP contribution is -2.53. The van der Waals surface area contributed by atoms with Crippen molar-refractivity contribution in [3.05, 3.63) is 65.2 Å². The van der Waals surface area contributed by atoms with E-state index in [9.17, 15) is 18.0 Å². The number of nitrogens with one attached hydrogen (secondary N) is 1. The van der Waals surface area contributed by atoms with Crippen LogP contribution in [-0.2, 0) is 26.0 Å². The van der Waals surface area contributed by atoms with Gasteiger partial charge in [0.1, 0.15) is 12.6 Å². The minimum Gasteiger partial charge on any atom is -0.352 e. The van der Waals surface area contributed by atoms with E-state index in [2.05, 4.69) is 5.32 Å². The second-order valence-corrected chi connectivity index (χ2v) is 10.8. The fourth-order valence-corrected chi connectivity index (χ4v) is 4.58. The van der Waals surface area contributed by atoms with Crippen molar-refractivity contribution in [1.82, 2.24) is 10.2 Å². The standard InChI is InChI=1S/C26H37N3O4S/c1-7-21(4)27-26(31)22(5)28(14-13-23-11-9-8-10-12-23)25(30)18-29(34(6,32)33)24-16-19(2)15-20(3)17-24/h8-12,15-17,21-22H,7,13-14,18H2,1-6H3,(H,27,31). The fourth-order valence-electron chi connectivity index (χ4n) is 3.74. The third kappa shape index (κ3) is 7.87. The van der Waals surface area contributed by atoms with Gasteiger partial charge in [-0.15, -0.1) is 0 Å². The molecule has 0 spiro atoms. The molecule has 0 saturated carbocycles. The van der Waals surface area contributed by atoms with E-state index in [1.165, 1.54) is 4.90 Å². The highest BCUT2D eigenvalue weighted by Crippen LogP contribution is 2.22. The van der Waals surface area contributed by atoms with Gasteiger partial charge in [-0.1, -0.05) is 43.3 Å². The predicted molar refractivity (Wildman–Crippen MR) is 137 cm³/mol. The van der Waals surface area contributed by atoms with Crippen molar-refractivity contribution in [3.8, 4) is 0 Å². The van der Waals surface area contributed by atoms with Gasteiger partial charge in [-0.05, 0) is 69.4 Å². The zero-order valence-electron chi connectivity index (χ0n) is 21.0. The molecule has 2 atom stereocenters. The van der Waals surface area contributed by atoms with Gasteiger partial charge in [-0.2, -0.15) is 0 Å². The Morgan fingerprint density at radius 1 is 1.00 bits per heavy atom. The third-order valence-corrected chi connectivity index (χ3v) is 6.97. The molecule has 2 aromatic carbocycles. The van der Waals surface area contributed by atoms with Crippen LogP contribution in [-0.4, -0.2) is 56.6 Å². The molecule has 0 radical (unpaired) electrons. The summed E-state index contributed by atoms with van der Waals surface area (Å²) in [6, 6.07) is 14.4. The quantitative estimate of drug-likeness (QED) is 0.526. The number of rotatable bonds is 11. The minimum absolute atomic E-state index is 0.0242. The van der Waals surface area contributed by atoms with Crippen LogP contribution in [0.4, 0.5) is 5.69 Å². The minimum atomic E-state index is -3.73. The summed E-state index contributed by atoms with van der Waals surface area (Å²) >= 11 is 0. The maximum Gasteiger partial charge on any atom is 0.244 e. The Morgan fingerprint density at radius 2 is 1.59 bits per heavy atom. The molecule has 186 valence electrons. The summed E-state index contributed by atoms with van der Waals surface area (Å²) in [6.45, 7) is 9.24. The number of aryl methyl sites for hydroxylation is 2. The number of amides is 2. The van der Waals surface area contributed by atoms with Crippen LogP contribution >= 0.6 is 0 Å². The summed E-state index contributed by atoms with van der Waals surface area (Å²) in [6.07, 6.45) is 2.41. The number of benzene rings is 2. The molecule has 2 amide bonds. The Balaban J connectivity index is 2.34. The lowest BCUT2D eigenvalue weighted by molar-refractivity contribution is -0.139. The summed E-state index contributed by atoms with van der Waals surface area (Å²) < 4.78 is 26.4. The van der Waals surface area contributed by atoms with Gasteiger partial charge in [0.25, 0.3) is 0 Å². The Hall–Kier alpha value is -2.87. The molecule has 2 aromatic rings. The van der Waals surface area contributed by atoms with Crippen LogP contribution in [0.25, 0.3) is 0 Å². The van der Waals surface area contributed by atoms with Gasteiger partial charge in [0, 0.05) is 12.6 Å². The molecular weight excluding hydrogens is 450 g/mol. The third-order valence-electron chi connectivity index (χ3n) is 5.83. The van der Waals surface area contributed by atoms with Crippen LogP contribution < -0.4 is 9.62 Å². The van der Waals surface area contributed by atoms with Gasteiger partial charge in [-0.25, -0.2) is 8.42 Å². The zero-order chi connectivity index (χ0) is 25.5. The van der Waals surface area contributed by atoms with Gasteiger partial charge < -0.3 is 10.2 Å². The number of hydrogen-bond acceptors (Lipinski definition) is 4. The first kappa shape index (κ1) is 27.4. The van der Waals surface area contributed by atoms with E-state index in [0.717, 1.165) is 33.7 Å². The van der Waals surface area contributed by atoms with Crippen molar-refractivity contribution >= 4 is 27.5 Å². The van der Waals surface area contributed by atoms with Crippen molar-refractivity contribution < 1.29 is 18.0 Å². The molecule has 34 heavy (non-hydrogen) atoms. The van der Waals surface area contributed by atoms with Gasteiger partial charge in [0.05, 0.1) is 11.9 Å². The maximum absolute atomic E-state index is 13.5. The molecule has 0 bridgehead atoms. The molecule has 2 unspecified atom stereocenters. The summed E-state index contributed by atoms with van der Waals surface area (Å²) in [5.41, 5.74) is 3.27. The summed E-state index contributed by atoms with van der Waals surface area (Å²) in [4.78, 5) is 27.9. The Labute approximate surface area is 204 Å². The first-order valence-corrected chi connectivity index (χ1v) is 13.5. The fraction of sp³-hybridized carbons (Fsp3) is 0.462. The van der Waals surface area contributed by atoms with Crippen molar-refractivity contribution in [2.24, 2.45) is 0 Å². The van der Waals surface area contributed by atoms with Crippen molar-refractivity contribution in [2.75, 3.05) is 23.7 Å². The highest BCUT2D eigenvalue weighted by Gasteiger charge is 2.30. The number of sulfonamides is 1. The second kappa shape index (κ2) is 12.0. The summed E-state index contributed by atoms with van der Waals surface area (Å²) in [7, 11) is -3.73. The smallest absolute Gasteiger partial charge is 0.244 e. The van der Waals surface area contributed by atoms with E-state index in [1.54, 1.807) is 19.1 Å². The van der Waals surface area contributed by atoms with Crippen LogP contribution in [0.1, 0.15) is 43.9 Å². The van der Waals surface area contributed by atoms with E-state index in [1.807, 2.05) is 64.1 Å². The average molecular weight is 488 g/mol. The molecule has 0 aromatic heterocycles. The normalized spacial score (nSPS) is 13.1. The highest BCUT2D eigenvalue weighted by atomic mass is 32.2. The van der Waals surface area contributed by atoms with Crippen LogP contribution in [0, 0.1) is 13.8 Å². The maximum atomic E-state index is 13.5. The number of anilines is 1.